The van der Waals surface area contributed by atoms with Gasteiger partial charge in [-0.1, -0.05) is 6.07 Å². The Kier molecular flexibility index (Phi) is 6.85. The molecule has 1 saturated heterocycles. The average Bonchev–Trinajstić information content (AvgIpc) is 2.73. The van der Waals surface area contributed by atoms with E-state index in [9.17, 15) is 9.59 Å². The van der Waals surface area contributed by atoms with Gasteiger partial charge in [0.05, 0.1) is 6.61 Å². The Labute approximate surface area is 169 Å². The maximum atomic E-state index is 12.1. The van der Waals surface area contributed by atoms with Crippen LogP contribution in [0.3, 0.4) is 0 Å². The van der Waals surface area contributed by atoms with Crippen LogP contribution in [0.25, 0.3) is 0 Å². The number of anilines is 1. The van der Waals surface area contributed by atoms with Gasteiger partial charge in [-0.2, -0.15) is 0 Å². The minimum absolute atomic E-state index is 0.261. The number of thioether (sulfide) groups is 1. The monoisotopic (exact) mass is 404 g/mol. The predicted octanol–water partition coefficient (Wildman–Crippen LogP) is 1.40. The van der Waals surface area contributed by atoms with E-state index in [2.05, 4.69) is 28.2 Å². The Balaban J connectivity index is 1.46. The normalized spacial score (nSPS) is 15.0. The second-order valence-corrected chi connectivity index (χ2v) is 7.83. The molecule has 0 spiro atoms. The molecule has 0 unspecified atom stereocenters. The molecular formula is C20H28N4O3S. The van der Waals surface area contributed by atoms with E-state index in [-0.39, 0.29) is 11.2 Å². The molecule has 2 heterocycles. The van der Waals surface area contributed by atoms with Crippen molar-refractivity contribution in [1.29, 1.82) is 0 Å². The van der Waals surface area contributed by atoms with Crippen molar-refractivity contribution in [2.45, 2.75) is 11.3 Å². The lowest BCUT2D eigenvalue weighted by Crippen LogP contribution is -2.49. The van der Waals surface area contributed by atoms with Crippen LogP contribution in [0.2, 0.25) is 0 Å². The topological polar surface area (TPSA) is 59.7 Å². The fourth-order valence-corrected chi connectivity index (χ4v) is 3.84. The molecule has 152 valence electrons. The zero-order chi connectivity index (χ0) is 20.1. The first-order valence-electron chi connectivity index (χ1n) is 9.51. The summed E-state index contributed by atoms with van der Waals surface area (Å²) < 4.78 is 8.54. The number of nitrogens with zero attached hydrogens (tertiary/aromatic N) is 4. The first kappa shape index (κ1) is 20.5. The van der Waals surface area contributed by atoms with Gasteiger partial charge in [-0.3, -0.25) is 18.8 Å². The maximum absolute atomic E-state index is 12.1. The molecule has 2 aromatic rings. The van der Waals surface area contributed by atoms with E-state index in [1.807, 2.05) is 12.1 Å². The average molecular weight is 405 g/mol. The highest BCUT2D eigenvalue weighted by Crippen LogP contribution is 2.20. The van der Waals surface area contributed by atoms with Crippen LogP contribution in [0.15, 0.2) is 44.8 Å². The summed E-state index contributed by atoms with van der Waals surface area (Å²) in [4.78, 5) is 29.8. The Hall–Kier alpha value is -2.19. The first-order valence-corrected chi connectivity index (χ1v) is 10.7. The largest absolute Gasteiger partial charge is 0.494 e. The highest BCUT2D eigenvalue weighted by atomic mass is 32.2. The molecule has 0 aliphatic carbocycles. The van der Waals surface area contributed by atoms with Crippen molar-refractivity contribution in [3.63, 3.8) is 0 Å². The summed E-state index contributed by atoms with van der Waals surface area (Å²) in [6, 6.07) is 9.71. The standard InChI is InChI=1S/C20H28N4O3S/c1-21-18(15-19(25)22(2)20(21)26)24-11-9-23(10-12-24)8-5-13-27-16-6-4-7-17(14-16)28-3/h4,6-7,14-15H,5,8-13H2,1-3H3. The van der Waals surface area contributed by atoms with Crippen molar-refractivity contribution in [2.75, 3.05) is 50.5 Å². The summed E-state index contributed by atoms with van der Waals surface area (Å²) in [7, 11) is 3.22. The number of hydrogen-bond acceptors (Lipinski definition) is 6. The zero-order valence-electron chi connectivity index (χ0n) is 16.8. The second kappa shape index (κ2) is 9.34. The van der Waals surface area contributed by atoms with Crippen LogP contribution < -0.4 is 20.9 Å². The number of piperazine rings is 1. The molecule has 1 aromatic heterocycles. The molecule has 0 bridgehead atoms. The third kappa shape index (κ3) is 4.80. The van der Waals surface area contributed by atoms with Gasteiger partial charge >= 0.3 is 5.69 Å². The summed E-state index contributed by atoms with van der Waals surface area (Å²) in [6.45, 7) is 5.09. The quantitative estimate of drug-likeness (QED) is 0.514. The Bertz CT molecular complexity index is 916. The summed E-state index contributed by atoms with van der Waals surface area (Å²) in [5.41, 5.74) is -0.546. The maximum Gasteiger partial charge on any atom is 0.332 e. The lowest BCUT2D eigenvalue weighted by Gasteiger charge is -2.36. The molecular weight excluding hydrogens is 376 g/mol. The van der Waals surface area contributed by atoms with Gasteiger partial charge in [0.15, 0.2) is 0 Å². The zero-order valence-corrected chi connectivity index (χ0v) is 17.6. The van der Waals surface area contributed by atoms with Crippen LogP contribution in [-0.4, -0.2) is 59.6 Å². The Morgan fingerprint density at radius 3 is 2.50 bits per heavy atom. The molecule has 28 heavy (non-hydrogen) atoms. The molecule has 0 atom stereocenters. The number of aromatic nitrogens is 2. The number of rotatable bonds is 7. The van der Waals surface area contributed by atoms with Crippen LogP contribution >= 0.6 is 11.8 Å². The van der Waals surface area contributed by atoms with Crippen molar-refractivity contribution in [3.8, 4) is 5.75 Å². The second-order valence-electron chi connectivity index (χ2n) is 6.95. The molecule has 0 saturated carbocycles. The predicted molar refractivity (Wildman–Crippen MR) is 114 cm³/mol. The van der Waals surface area contributed by atoms with E-state index in [0.29, 0.717) is 12.4 Å². The number of benzene rings is 1. The van der Waals surface area contributed by atoms with Crippen molar-refractivity contribution in [2.24, 2.45) is 14.1 Å². The Morgan fingerprint density at radius 1 is 1.04 bits per heavy atom. The SMILES string of the molecule is CSc1cccc(OCCCN2CCN(c3cc(=O)n(C)c(=O)n3C)CC2)c1. The molecule has 3 rings (SSSR count). The summed E-state index contributed by atoms with van der Waals surface area (Å²) in [5.74, 6) is 1.62. The molecule has 0 amide bonds. The molecule has 8 heteroatoms. The molecule has 1 aliphatic rings. The van der Waals surface area contributed by atoms with Crippen molar-refractivity contribution in [1.82, 2.24) is 14.0 Å². The molecule has 1 aliphatic heterocycles. The minimum Gasteiger partial charge on any atom is -0.494 e. The third-order valence-corrected chi connectivity index (χ3v) is 5.85. The Morgan fingerprint density at radius 2 is 1.79 bits per heavy atom. The minimum atomic E-state index is -0.285. The molecule has 0 radical (unpaired) electrons. The van der Waals surface area contributed by atoms with Crippen LogP contribution in [0.1, 0.15) is 6.42 Å². The van der Waals surface area contributed by atoms with E-state index in [0.717, 1.165) is 49.5 Å². The summed E-state index contributed by atoms with van der Waals surface area (Å²) in [6.07, 6.45) is 3.03. The van der Waals surface area contributed by atoms with Crippen LogP contribution in [0.5, 0.6) is 5.75 Å². The van der Waals surface area contributed by atoms with Crippen molar-refractivity contribution >= 4 is 17.6 Å². The first-order chi connectivity index (χ1) is 13.5. The van der Waals surface area contributed by atoms with E-state index in [4.69, 9.17) is 4.74 Å². The van der Waals surface area contributed by atoms with Gasteiger partial charge in [-0.25, -0.2) is 4.79 Å². The smallest absolute Gasteiger partial charge is 0.332 e. The number of hydrogen-bond donors (Lipinski definition) is 0. The summed E-state index contributed by atoms with van der Waals surface area (Å²) >= 11 is 1.71. The highest BCUT2D eigenvalue weighted by molar-refractivity contribution is 7.98. The van der Waals surface area contributed by atoms with Gasteiger partial charge in [0.25, 0.3) is 5.56 Å². The van der Waals surface area contributed by atoms with E-state index in [1.54, 1.807) is 29.4 Å². The van der Waals surface area contributed by atoms with Crippen LogP contribution in [0, 0.1) is 0 Å². The lowest BCUT2D eigenvalue weighted by atomic mass is 10.3. The summed E-state index contributed by atoms with van der Waals surface area (Å²) in [5, 5.41) is 0. The van der Waals surface area contributed by atoms with Gasteiger partial charge < -0.3 is 9.64 Å². The van der Waals surface area contributed by atoms with E-state index >= 15 is 0 Å². The van der Waals surface area contributed by atoms with Gasteiger partial charge in [0, 0.05) is 57.8 Å². The van der Waals surface area contributed by atoms with Gasteiger partial charge in [0.2, 0.25) is 0 Å². The number of ether oxygens (including phenoxy) is 1. The van der Waals surface area contributed by atoms with Crippen LogP contribution in [0.4, 0.5) is 5.82 Å². The molecule has 1 fully saturated rings. The van der Waals surface area contributed by atoms with E-state index in [1.165, 1.54) is 11.9 Å². The van der Waals surface area contributed by atoms with Crippen molar-refractivity contribution < 1.29 is 4.74 Å². The highest BCUT2D eigenvalue weighted by Gasteiger charge is 2.20. The third-order valence-electron chi connectivity index (χ3n) is 5.13. The lowest BCUT2D eigenvalue weighted by molar-refractivity contribution is 0.224. The van der Waals surface area contributed by atoms with Crippen LogP contribution in [-0.2, 0) is 14.1 Å². The molecule has 1 aromatic carbocycles. The van der Waals surface area contributed by atoms with Gasteiger partial charge in [-0.15, -0.1) is 11.8 Å². The van der Waals surface area contributed by atoms with Gasteiger partial charge in [-0.05, 0) is 30.9 Å². The van der Waals surface area contributed by atoms with Crippen molar-refractivity contribution in [3.05, 3.63) is 51.2 Å². The fourth-order valence-electron chi connectivity index (χ4n) is 3.39. The fraction of sp³-hybridized carbons (Fsp3) is 0.500. The van der Waals surface area contributed by atoms with Gasteiger partial charge in [0.1, 0.15) is 11.6 Å². The molecule has 7 nitrogen and oxygen atoms in total. The van der Waals surface area contributed by atoms with E-state index < -0.39 is 0 Å². The molecule has 0 N–H and O–H groups in total.